The molecule has 0 spiro atoms. The van der Waals surface area contributed by atoms with Crippen LogP contribution in [0.4, 0.5) is 0 Å². The molecule has 0 aromatic rings. The van der Waals surface area contributed by atoms with Gasteiger partial charge in [0.05, 0.1) is 19.8 Å². The average molecular weight is 429 g/mol. The predicted octanol–water partition coefficient (Wildman–Crippen LogP) is 3.88. The van der Waals surface area contributed by atoms with E-state index in [0.29, 0.717) is 25.7 Å². The maximum Gasteiger partial charge on any atom is 0.330 e. The molecular weight excluding hydrogens is 392 g/mol. The summed E-state index contributed by atoms with van der Waals surface area (Å²) in [4.78, 5) is 40.0. The lowest BCUT2D eigenvalue weighted by Crippen LogP contribution is -2.06. The van der Waals surface area contributed by atoms with E-state index in [1.807, 2.05) is 20.8 Å². The van der Waals surface area contributed by atoms with Crippen LogP contribution in [0, 0.1) is 5.92 Å². The number of hydrogen-bond acceptors (Lipinski definition) is 7. The van der Waals surface area contributed by atoms with E-state index in [-0.39, 0.29) is 17.9 Å². The van der Waals surface area contributed by atoms with Crippen LogP contribution in [0.2, 0.25) is 0 Å². The smallest absolute Gasteiger partial charge is 0.330 e. The fraction of sp³-hybridized carbons (Fsp3) is 0.455. The van der Waals surface area contributed by atoms with Crippen molar-refractivity contribution in [1.82, 2.24) is 0 Å². The molecule has 0 aliphatic rings. The van der Waals surface area contributed by atoms with Gasteiger partial charge in [-0.15, -0.1) is 0 Å². The van der Waals surface area contributed by atoms with E-state index in [9.17, 15) is 19.2 Å². The minimum atomic E-state index is -0.981. The second-order valence-corrected chi connectivity index (χ2v) is 5.45. The van der Waals surface area contributed by atoms with Gasteiger partial charge in [0.2, 0.25) is 0 Å². The summed E-state index contributed by atoms with van der Waals surface area (Å²) >= 11 is 0. The number of unbranched alkanes of at least 4 members (excludes halogenated alkanes) is 1. The number of carbonyl (C=O) groups is 4. The van der Waals surface area contributed by atoms with Crippen LogP contribution in [-0.2, 0) is 33.4 Å². The number of rotatable bonds is 10. The van der Waals surface area contributed by atoms with Crippen LogP contribution in [0.1, 0.15) is 40.5 Å². The quantitative estimate of drug-likeness (QED) is 0.241. The highest BCUT2D eigenvalue weighted by Crippen LogP contribution is 1.92. The Morgan fingerprint density at radius 1 is 0.800 bits per heavy atom. The van der Waals surface area contributed by atoms with E-state index in [0.717, 1.165) is 25.0 Å². The molecule has 1 N–H and O–H groups in total. The van der Waals surface area contributed by atoms with Crippen molar-refractivity contribution in [3.8, 4) is 0 Å². The fourth-order valence-electron chi connectivity index (χ4n) is 0.885. The minimum Gasteiger partial charge on any atom is -0.478 e. The molecule has 0 atom stereocenters. The van der Waals surface area contributed by atoms with Gasteiger partial charge in [-0.25, -0.2) is 19.2 Å². The number of esters is 3. The molecule has 8 nitrogen and oxygen atoms in total. The molecule has 30 heavy (non-hydrogen) atoms. The van der Waals surface area contributed by atoms with Crippen LogP contribution in [0.25, 0.3) is 0 Å². The number of ether oxygens (including phenoxy) is 3. The average Bonchev–Trinajstić information content (AvgIpc) is 2.73. The van der Waals surface area contributed by atoms with Gasteiger partial charge < -0.3 is 19.3 Å². The Kier molecular flexibility index (Phi) is 32.1. The number of carboxylic acid groups (broad SMARTS) is 1. The van der Waals surface area contributed by atoms with Crippen molar-refractivity contribution >= 4 is 23.9 Å². The van der Waals surface area contributed by atoms with E-state index in [1.165, 1.54) is 12.2 Å². The molecule has 172 valence electrons. The molecule has 0 saturated heterocycles. The van der Waals surface area contributed by atoms with E-state index in [2.05, 4.69) is 35.8 Å². The van der Waals surface area contributed by atoms with Crippen LogP contribution in [0.3, 0.4) is 0 Å². The molecule has 0 rings (SSSR count). The van der Waals surface area contributed by atoms with Gasteiger partial charge in [0, 0.05) is 24.3 Å². The lowest BCUT2D eigenvalue weighted by molar-refractivity contribution is -0.139. The van der Waals surface area contributed by atoms with Gasteiger partial charge in [0.25, 0.3) is 0 Å². The van der Waals surface area contributed by atoms with Crippen molar-refractivity contribution in [3.05, 3.63) is 50.6 Å². The molecule has 0 aromatic heterocycles. The number of carboxylic acids is 1. The molecule has 8 heteroatoms. The van der Waals surface area contributed by atoms with Crippen LogP contribution >= 0.6 is 0 Å². The minimum absolute atomic E-state index is 0.330. The summed E-state index contributed by atoms with van der Waals surface area (Å²) in [7, 11) is 0. The maximum absolute atomic E-state index is 10.4. The van der Waals surface area contributed by atoms with Crippen LogP contribution in [0.15, 0.2) is 50.6 Å². The second-order valence-electron chi connectivity index (χ2n) is 5.45. The third kappa shape index (κ3) is 44.4. The topological polar surface area (TPSA) is 116 Å². The van der Waals surface area contributed by atoms with E-state index >= 15 is 0 Å². The second kappa shape index (κ2) is 28.1. The lowest BCUT2D eigenvalue weighted by atomic mass is 10.2. The first-order valence-electron chi connectivity index (χ1n) is 9.28. The molecule has 0 unspecified atom stereocenters. The Balaban J connectivity index is -0.000000154. The number of hydrogen-bond donors (Lipinski definition) is 1. The molecule has 0 heterocycles. The number of carbonyl (C=O) groups excluding carboxylic acids is 3. The van der Waals surface area contributed by atoms with Crippen LogP contribution in [0.5, 0.6) is 0 Å². The van der Waals surface area contributed by atoms with Crippen LogP contribution < -0.4 is 0 Å². The molecule has 0 fully saturated rings. The Morgan fingerprint density at radius 2 is 1.20 bits per heavy atom. The Bertz CT molecular complexity index is 521. The summed E-state index contributed by atoms with van der Waals surface area (Å²) in [5, 5.41) is 7.60. The summed E-state index contributed by atoms with van der Waals surface area (Å²) < 4.78 is 13.8. The van der Waals surface area contributed by atoms with E-state index in [1.54, 1.807) is 6.92 Å². The van der Waals surface area contributed by atoms with Gasteiger partial charge in [-0.1, -0.05) is 53.5 Å². The van der Waals surface area contributed by atoms with Crippen molar-refractivity contribution in [2.24, 2.45) is 5.92 Å². The van der Waals surface area contributed by atoms with Gasteiger partial charge in [-0.2, -0.15) is 0 Å². The van der Waals surface area contributed by atoms with E-state index in [4.69, 9.17) is 9.84 Å². The Hall–Kier alpha value is -3.16. The molecule has 0 aliphatic carbocycles. The zero-order valence-electron chi connectivity index (χ0n) is 18.6. The van der Waals surface area contributed by atoms with Crippen molar-refractivity contribution in [2.75, 3.05) is 19.8 Å². The highest BCUT2D eigenvalue weighted by atomic mass is 16.5. The molecular formula is C22H36O8. The highest BCUT2D eigenvalue weighted by molar-refractivity contribution is 5.81. The van der Waals surface area contributed by atoms with Gasteiger partial charge in [0.1, 0.15) is 0 Å². The summed E-state index contributed by atoms with van der Waals surface area (Å²) in [5.41, 5.74) is 0. The molecule has 0 aliphatic heterocycles. The van der Waals surface area contributed by atoms with Crippen LogP contribution in [-0.4, -0.2) is 48.8 Å². The first-order valence-corrected chi connectivity index (χ1v) is 9.28. The van der Waals surface area contributed by atoms with Crippen molar-refractivity contribution in [1.29, 1.82) is 0 Å². The fourth-order valence-corrected chi connectivity index (χ4v) is 0.885. The molecule has 0 saturated carbocycles. The zero-order chi connectivity index (χ0) is 24.4. The Labute approximate surface area is 179 Å². The first kappa shape index (κ1) is 34.4. The standard InChI is InChI=1S/2C7H12O2.C5H8O2.C3H4O2/c1-4-7(8)9-5-6(2)3;1-3-5-6-9-7(8)4-2;1-3-5(6)7-4-2;1-2-3(4)5/h4,6H,1,5H2,2-3H3;4H,2-3,5-6H2,1H3;3H,1,4H2,2H3;2H,1H2,(H,4,5). The van der Waals surface area contributed by atoms with Crippen molar-refractivity contribution in [3.63, 3.8) is 0 Å². The Morgan fingerprint density at radius 3 is 1.47 bits per heavy atom. The normalized spacial score (nSPS) is 8.17. The van der Waals surface area contributed by atoms with Gasteiger partial charge in [-0.3, -0.25) is 0 Å². The zero-order valence-corrected chi connectivity index (χ0v) is 18.6. The number of aliphatic carboxylic acids is 1. The summed E-state index contributed by atoms with van der Waals surface area (Å²) in [6.07, 6.45) is 6.30. The van der Waals surface area contributed by atoms with Gasteiger partial charge in [0.15, 0.2) is 0 Å². The SMILES string of the molecule is C=CC(=O)O.C=CC(=O)OCC.C=CC(=O)OCC(C)C.C=CC(=O)OCCCC. The van der Waals surface area contributed by atoms with Crippen molar-refractivity contribution in [2.45, 2.75) is 40.5 Å². The predicted molar refractivity (Wildman–Crippen MR) is 117 cm³/mol. The molecule has 0 amide bonds. The third-order valence-electron chi connectivity index (χ3n) is 2.26. The largest absolute Gasteiger partial charge is 0.478 e. The van der Waals surface area contributed by atoms with E-state index < -0.39 is 5.97 Å². The molecule has 0 radical (unpaired) electrons. The first-order chi connectivity index (χ1) is 14.1. The van der Waals surface area contributed by atoms with Crippen molar-refractivity contribution < 1.29 is 38.5 Å². The molecule has 0 aromatic carbocycles. The van der Waals surface area contributed by atoms with Gasteiger partial charge >= 0.3 is 23.9 Å². The lowest BCUT2D eigenvalue weighted by Gasteiger charge is -2.02. The summed E-state index contributed by atoms with van der Waals surface area (Å²) in [5.74, 6) is -1.62. The maximum atomic E-state index is 10.4. The molecule has 0 bridgehead atoms. The monoisotopic (exact) mass is 428 g/mol. The highest BCUT2D eigenvalue weighted by Gasteiger charge is 1.96. The van der Waals surface area contributed by atoms with Gasteiger partial charge in [-0.05, 0) is 19.3 Å². The summed E-state index contributed by atoms with van der Waals surface area (Å²) in [6.45, 7) is 21.9. The third-order valence-corrected chi connectivity index (χ3v) is 2.26. The summed E-state index contributed by atoms with van der Waals surface area (Å²) in [6, 6.07) is 0.